The van der Waals surface area contributed by atoms with Crippen LogP contribution in [0.1, 0.15) is 29.8 Å². The maximum absolute atomic E-state index is 13.0. The molecule has 1 amide bonds. The fraction of sp³-hybridized carbons (Fsp3) is 0.158. The molecule has 0 spiro atoms. The molecule has 1 aromatic heterocycles. The SMILES string of the molecule is CC(=O)NC(c1ccccc1)c1c(C)[nH]n(-c2ccccc2)c1=O. The summed E-state index contributed by atoms with van der Waals surface area (Å²) in [6.45, 7) is 3.29. The molecule has 5 heteroatoms. The van der Waals surface area contributed by atoms with Crippen LogP contribution in [0.5, 0.6) is 0 Å². The molecule has 0 saturated heterocycles. The van der Waals surface area contributed by atoms with E-state index < -0.39 is 6.04 Å². The molecular formula is C19H19N3O2. The number of nitrogens with one attached hydrogen (secondary N) is 2. The van der Waals surface area contributed by atoms with E-state index in [2.05, 4.69) is 10.4 Å². The van der Waals surface area contributed by atoms with Crippen LogP contribution in [-0.2, 0) is 4.79 Å². The molecule has 0 aliphatic heterocycles. The monoisotopic (exact) mass is 321 g/mol. The minimum atomic E-state index is -0.489. The number of carbonyl (C=O) groups excluding carboxylic acids is 1. The van der Waals surface area contributed by atoms with Crippen molar-refractivity contribution in [1.82, 2.24) is 15.1 Å². The molecular weight excluding hydrogens is 302 g/mol. The molecule has 3 aromatic rings. The molecule has 0 aliphatic rings. The van der Waals surface area contributed by atoms with Gasteiger partial charge >= 0.3 is 0 Å². The Bertz CT molecular complexity index is 895. The van der Waals surface area contributed by atoms with Gasteiger partial charge in [-0.1, -0.05) is 48.5 Å². The predicted molar refractivity (Wildman–Crippen MR) is 93.2 cm³/mol. The van der Waals surface area contributed by atoms with Gasteiger partial charge in [0, 0.05) is 12.6 Å². The second-order valence-corrected chi connectivity index (χ2v) is 5.67. The van der Waals surface area contributed by atoms with Gasteiger partial charge in [-0.3, -0.25) is 14.7 Å². The topological polar surface area (TPSA) is 66.9 Å². The van der Waals surface area contributed by atoms with Crippen molar-refractivity contribution in [2.24, 2.45) is 0 Å². The van der Waals surface area contributed by atoms with Gasteiger partial charge in [0.15, 0.2) is 0 Å². The van der Waals surface area contributed by atoms with Crippen LogP contribution in [0, 0.1) is 6.92 Å². The zero-order chi connectivity index (χ0) is 17.1. The minimum Gasteiger partial charge on any atom is -0.345 e. The van der Waals surface area contributed by atoms with Crippen molar-refractivity contribution in [2.45, 2.75) is 19.9 Å². The highest BCUT2D eigenvalue weighted by molar-refractivity contribution is 5.74. The second kappa shape index (κ2) is 6.58. The summed E-state index contributed by atoms with van der Waals surface area (Å²) in [7, 11) is 0. The lowest BCUT2D eigenvalue weighted by Crippen LogP contribution is -2.31. The normalized spacial score (nSPS) is 11.9. The number of aromatic nitrogens is 2. The summed E-state index contributed by atoms with van der Waals surface area (Å²) < 4.78 is 1.50. The number of amides is 1. The van der Waals surface area contributed by atoms with Crippen LogP contribution in [0.2, 0.25) is 0 Å². The van der Waals surface area contributed by atoms with Gasteiger partial charge in [0.2, 0.25) is 5.91 Å². The Morgan fingerprint density at radius 2 is 1.62 bits per heavy atom. The smallest absolute Gasteiger partial charge is 0.277 e. The highest BCUT2D eigenvalue weighted by Crippen LogP contribution is 2.22. The molecule has 0 fully saturated rings. The first-order valence-corrected chi connectivity index (χ1v) is 7.77. The number of H-pyrrole nitrogens is 1. The van der Waals surface area contributed by atoms with Gasteiger partial charge in [0.25, 0.3) is 5.56 Å². The van der Waals surface area contributed by atoms with E-state index in [-0.39, 0.29) is 11.5 Å². The van der Waals surface area contributed by atoms with E-state index in [1.807, 2.05) is 67.6 Å². The van der Waals surface area contributed by atoms with Crippen LogP contribution in [0.3, 0.4) is 0 Å². The van der Waals surface area contributed by atoms with Gasteiger partial charge in [-0.15, -0.1) is 0 Å². The van der Waals surface area contributed by atoms with Crippen molar-refractivity contribution in [1.29, 1.82) is 0 Å². The molecule has 5 nitrogen and oxygen atoms in total. The number of rotatable bonds is 4. The number of nitrogens with zero attached hydrogens (tertiary/aromatic N) is 1. The Balaban J connectivity index is 2.14. The van der Waals surface area contributed by atoms with Crippen LogP contribution < -0.4 is 10.9 Å². The molecule has 0 saturated carbocycles. The summed E-state index contributed by atoms with van der Waals surface area (Å²) >= 11 is 0. The van der Waals surface area contributed by atoms with Gasteiger partial charge in [-0.25, -0.2) is 4.68 Å². The molecule has 0 bridgehead atoms. The van der Waals surface area contributed by atoms with E-state index in [0.29, 0.717) is 5.56 Å². The Morgan fingerprint density at radius 1 is 1.04 bits per heavy atom. The van der Waals surface area contributed by atoms with Crippen LogP contribution in [0.15, 0.2) is 65.5 Å². The minimum absolute atomic E-state index is 0.165. The number of aryl methyl sites for hydroxylation is 1. The first-order valence-electron chi connectivity index (χ1n) is 7.77. The van der Waals surface area contributed by atoms with E-state index in [9.17, 15) is 9.59 Å². The number of para-hydroxylation sites is 1. The summed E-state index contributed by atoms with van der Waals surface area (Å²) in [6, 6.07) is 18.4. The third-order valence-electron chi connectivity index (χ3n) is 3.90. The predicted octanol–water partition coefficient (Wildman–Crippen LogP) is 2.70. The molecule has 122 valence electrons. The number of aromatic amines is 1. The summed E-state index contributed by atoms with van der Waals surface area (Å²) in [5, 5.41) is 5.99. The Morgan fingerprint density at radius 3 is 2.21 bits per heavy atom. The molecule has 0 aliphatic carbocycles. The fourth-order valence-electron chi connectivity index (χ4n) is 2.83. The van der Waals surface area contributed by atoms with Crippen molar-refractivity contribution in [3.05, 3.63) is 87.8 Å². The summed E-state index contributed by atoms with van der Waals surface area (Å²) in [6.07, 6.45) is 0. The third-order valence-corrected chi connectivity index (χ3v) is 3.90. The van der Waals surface area contributed by atoms with Crippen molar-refractivity contribution in [3.63, 3.8) is 0 Å². The summed E-state index contributed by atoms with van der Waals surface area (Å²) in [5.41, 5.74) is 2.73. The highest BCUT2D eigenvalue weighted by Gasteiger charge is 2.24. The van der Waals surface area contributed by atoms with Crippen LogP contribution >= 0.6 is 0 Å². The first-order chi connectivity index (χ1) is 11.6. The van der Waals surface area contributed by atoms with Crippen molar-refractivity contribution >= 4 is 5.91 Å². The van der Waals surface area contributed by atoms with Gasteiger partial charge < -0.3 is 5.32 Å². The number of hydrogen-bond donors (Lipinski definition) is 2. The Labute approximate surface area is 139 Å². The fourth-order valence-corrected chi connectivity index (χ4v) is 2.83. The Hall–Kier alpha value is -3.08. The molecule has 1 atom stereocenters. The number of carbonyl (C=O) groups is 1. The lowest BCUT2D eigenvalue weighted by Gasteiger charge is -2.17. The average molecular weight is 321 g/mol. The van der Waals surface area contributed by atoms with Crippen LogP contribution in [-0.4, -0.2) is 15.7 Å². The number of benzene rings is 2. The largest absolute Gasteiger partial charge is 0.345 e. The zero-order valence-corrected chi connectivity index (χ0v) is 13.6. The van der Waals surface area contributed by atoms with Gasteiger partial charge in [-0.2, -0.15) is 0 Å². The van der Waals surface area contributed by atoms with Gasteiger partial charge in [0.05, 0.1) is 17.3 Å². The standard InChI is InChI=1S/C19H19N3O2/c1-13-17(18(20-14(2)23)15-9-5-3-6-10-15)19(24)22(21-13)16-11-7-4-8-12-16/h3-12,18,21H,1-2H3,(H,20,23). The highest BCUT2D eigenvalue weighted by atomic mass is 16.1. The average Bonchev–Trinajstić information content (AvgIpc) is 2.89. The van der Waals surface area contributed by atoms with E-state index in [1.54, 1.807) is 0 Å². The molecule has 3 rings (SSSR count). The van der Waals surface area contributed by atoms with Crippen molar-refractivity contribution in [3.8, 4) is 5.69 Å². The van der Waals surface area contributed by atoms with E-state index in [4.69, 9.17) is 0 Å². The molecule has 2 N–H and O–H groups in total. The molecule has 2 aromatic carbocycles. The van der Waals surface area contributed by atoms with Crippen molar-refractivity contribution < 1.29 is 4.79 Å². The lowest BCUT2D eigenvalue weighted by atomic mass is 9.99. The zero-order valence-electron chi connectivity index (χ0n) is 13.6. The quantitative estimate of drug-likeness (QED) is 0.776. The number of hydrogen-bond acceptors (Lipinski definition) is 2. The van der Waals surface area contributed by atoms with Crippen LogP contribution in [0.25, 0.3) is 5.69 Å². The van der Waals surface area contributed by atoms with E-state index >= 15 is 0 Å². The van der Waals surface area contributed by atoms with Crippen LogP contribution in [0.4, 0.5) is 0 Å². The first kappa shape index (κ1) is 15.8. The van der Waals surface area contributed by atoms with Gasteiger partial charge in [0.1, 0.15) is 0 Å². The third kappa shape index (κ3) is 3.01. The second-order valence-electron chi connectivity index (χ2n) is 5.67. The summed E-state index contributed by atoms with van der Waals surface area (Å²) in [4.78, 5) is 24.6. The van der Waals surface area contributed by atoms with Crippen molar-refractivity contribution in [2.75, 3.05) is 0 Å². The molecule has 0 radical (unpaired) electrons. The Kier molecular flexibility index (Phi) is 4.33. The van der Waals surface area contributed by atoms with E-state index in [1.165, 1.54) is 11.6 Å². The summed E-state index contributed by atoms with van der Waals surface area (Å²) in [5.74, 6) is -0.185. The molecule has 1 heterocycles. The maximum atomic E-state index is 13.0. The molecule has 1 unspecified atom stereocenters. The maximum Gasteiger partial charge on any atom is 0.277 e. The lowest BCUT2D eigenvalue weighted by molar-refractivity contribution is -0.119. The molecule has 24 heavy (non-hydrogen) atoms. The van der Waals surface area contributed by atoms with Gasteiger partial charge in [-0.05, 0) is 24.6 Å². The van der Waals surface area contributed by atoms with E-state index in [0.717, 1.165) is 16.9 Å².